The van der Waals surface area contributed by atoms with Crippen molar-refractivity contribution in [3.8, 4) is 0 Å². The molecule has 0 bridgehead atoms. The van der Waals surface area contributed by atoms with Crippen LogP contribution in [0.15, 0.2) is 12.1 Å². The lowest BCUT2D eigenvalue weighted by molar-refractivity contribution is -0.173. The number of carbonyl (C=O) groups is 1. The largest absolute Gasteiger partial charge is 0.410 e. The molecule has 3 atom stereocenters. The SMILES string of the molecule is CC[C@@H]1C[C@H](C(F)(F)F)n2nc([C@@H]3CCCN3C(=O)c3cc(C(C)C)nn3C)cc2N1. The standard InChI is InChI=1S/C21H29F3N6O/c1-5-13-9-18(21(22,23)24)30-19(25-13)11-15(27-30)16-7-6-8-29(16)20(31)17-10-14(12(2)3)26-28(17)4/h10-13,16,18,25H,5-9H2,1-4H3/t13-,16+,18-/m1/s1. The third-order valence-electron chi connectivity index (χ3n) is 6.34. The number of halogens is 3. The van der Waals surface area contributed by atoms with Crippen molar-refractivity contribution in [1.82, 2.24) is 24.5 Å². The summed E-state index contributed by atoms with van der Waals surface area (Å²) in [6, 6.07) is 1.22. The van der Waals surface area contributed by atoms with Crippen molar-refractivity contribution in [3.05, 3.63) is 29.2 Å². The van der Waals surface area contributed by atoms with Crippen molar-refractivity contribution < 1.29 is 18.0 Å². The average Bonchev–Trinajstić information content (AvgIpc) is 3.42. The first-order valence-electron chi connectivity index (χ1n) is 10.9. The molecule has 2 aliphatic heterocycles. The molecule has 1 N–H and O–H groups in total. The Kier molecular flexibility index (Phi) is 5.51. The zero-order chi connectivity index (χ0) is 22.5. The molecule has 0 unspecified atom stereocenters. The molecule has 0 spiro atoms. The molecule has 10 heteroatoms. The summed E-state index contributed by atoms with van der Waals surface area (Å²) in [4.78, 5) is 15.0. The molecule has 2 aromatic heterocycles. The van der Waals surface area contributed by atoms with Crippen LogP contribution in [0.25, 0.3) is 0 Å². The number of aryl methyl sites for hydroxylation is 1. The number of rotatable bonds is 4. The Morgan fingerprint density at radius 2 is 2.03 bits per heavy atom. The fraction of sp³-hybridized carbons (Fsp3) is 0.667. The number of amides is 1. The molecule has 4 rings (SSSR count). The summed E-state index contributed by atoms with van der Waals surface area (Å²) < 4.78 is 43.7. The van der Waals surface area contributed by atoms with Gasteiger partial charge in [0, 0.05) is 25.7 Å². The summed E-state index contributed by atoms with van der Waals surface area (Å²) in [5.41, 5.74) is 1.82. The van der Waals surface area contributed by atoms with Gasteiger partial charge in [0.15, 0.2) is 6.04 Å². The van der Waals surface area contributed by atoms with E-state index in [1.807, 2.05) is 20.8 Å². The van der Waals surface area contributed by atoms with E-state index in [1.54, 1.807) is 28.8 Å². The monoisotopic (exact) mass is 438 g/mol. The second-order valence-corrected chi connectivity index (χ2v) is 8.83. The minimum atomic E-state index is -4.37. The van der Waals surface area contributed by atoms with Crippen LogP contribution in [-0.4, -0.2) is 49.1 Å². The Morgan fingerprint density at radius 3 is 2.65 bits per heavy atom. The molecule has 7 nitrogen and oxygen atoms in total. The third-order valence-corrected chi connectivity index (χ3v) is 6.34. The number of carbonyl (C=O) groups excluding carboxylic acids is 1. The molecule has 1 fully saturated rings. The number of alkyl halides is 3. The molecule has 2 aromatic rings. The van der Waals surface area contributed by atoms with Gasteiger partial charge in [0.05, 0.1) is 17.4 Å². The Labute approximate surface area is 179 Å². The Bertz CT molecular complexity index is 963. The molecule has 4 heterocycles. The third kappa shape index (κ3) is 3.92. The minimum Gasteiger partial charge on any atom is -0.367 e. The molecule has 2 aliphatic rings. The highest BCUT2D eigenvalue weighted by molar-refractivity contribution is 5.93. The van der Waals surface area contributed by atoms with Gasteiger partial charge in [-0.25, -0.2) is 4.68 Å². The number of anilines is 1. The van der Waals surface area contributed by atoms with E-state index >= 15 is 0 Å². The van der Waals surface area contributed by atoms with Crippen molar-refractivity contribution in [2.45, 2.75) is 76.7 Å². The van der Waals surface area contributed by atoms with Gasteiger partial charge >= 0.3 is 6.18 Å². The fourth-order valence-electron chi connectivity index (χ4n) is 4.54. The predicted octanol–water partition coefficient (Wildman–Crippen LogP) is 4.41. The van der Waals surface area contributed by atoms with E-state index < -0.39 is 12.2 Å². The molecule has 0 radical (unpaired) electrons. The van der Waals surface area contributed by atoms with Gasteiger partial charge in [0.2, 0.25) is 0 Å². The van der Waals surface area contributed by atoms with Gasteiger partial charge in [0.1, 0.15) is 11.5 Å². The fourth-order valence-corrected chi connectivity index (χ4v) is 4.54. The first-order valence-corrected chi connectivity index (χ1v) is 10.9. The van der Waals surface area contributed by atoms with Crippen LogP contribution in [0.4, 0.5) is 19.0 Å². The van der Waals surface area contributed by atoms with Gasteiger partial charge in [0.25, 0.3) is 5.91 Å². The minimum absolute atomic E-state index is 0.0472. The number of likely N-dealkylation sites (tertiary alicyclic amines) is 1. The van der Waals surface area contributed by atoms with E-state index in [1.165, 1.54) is 0 Å². The van der Waals surface area contributed by atoms with Crippen LogP contribution in [0.1, 0.15) is 86.3 Å². The Hall–Kier alpha value is -2.52. The lowest BCUT2D eigenvalue weighted by Crippen LogP contribution is -2.39. The molecular weight excluding hydrogens is 409 g/mol. The Balaban J connectivity index is 1.64. The smallest absolute Gasteiger partial charge is 0.367 e. The van der Waals surface area contributed by atoms with Crippen LogP contribution >= 0.6 is 0 Å². The van der Waals surface area contributed by atoms with Crippen LogP contribution < -0.4 is 5.32 Å². The number of aromatic nitrogens is 4. The van der Waals surface area contributed by atoms with Crippen molar-refractivity contribution in [1.29, 1.82) is 0 Å². The molecular formula is C21H29F3N6O. The van der Waals surface area contributed by atoms with Gasteiger partial charge < -0.3 is 10.2 Å². The molecule has 0 aliphatic carbocycles. The van der Waals surface area contributed by atoms with Crippen LogP contribution in [0.5, 0.6) is 0 Å². The summed E-state index contributed by atoms with van der Waals surface area (Å²) >= 11 is 0. The van der Waals surface area contributed by atoms with Crippen molar-refractivity contribution >= 4 is 11.7 Å². The van der Waals surface area contributed by atoms with Gasteiger partial charge in [-0.05, 0) is 37.7 Å². The van der Waals surface area contributed by atoms with Crippen molar-refractivity contribution in [2.75, 3.05) is 11.9 Å². The second kappa shape index (κ2) is 7.87. The van der Waals surface area contributed by atoms with E-state index in [2.05, 4.69) is 15.5 Å². The normalized spacial score (nSPS) is 23.9. The Morgan fingerprint density at radius 1 is 1.29 bits per heavy atom. The summed E-state index contributed by atoms with van der Waals surface area (Å²) in [6.07, 6.45) is -2.37. The highest BCUT2D eigenvalue weighted by atomic mass is 19.4. The zero-order valence-corrected chi connectivity index (χ0v) is 18.3. The summed E-state index contributed by atoms with van der Waals surface area (Å²) in [6.45, 7) is 6.44. The van der Waals surface area contributed by atoms with Gasteiger partial charge in [-0.2, -0.15) is 23.4 Å². The summed E-state index contributed by atoms with van der Waals surface area (Å²) in [5, 5.41) is 11.9. The van der Waals surface area contributed by atoms with Crippen molar-refractivity contribution in [2.24, 2.45) is 7.05 Å². The number of nitrogens with one attached hydrogen (secondary N) is 1. The van der Waals surface area contributed by atoms with Crippen LogP contribution in [-0.2, 0) is 7.05 Å². The molecule has 1 saturated heterocycles. The van der Waals surface area contributed by atoms with E-state index in [4.69, 9.17) is 0 Å². The molecule has 0 saturated carbocycles. The van der Waals surface area contributed by atoms with Gasteiger partial charge in [-0.3, -0.25) is 9.48 Å². The van der Waals surface area contributed by atoms with Crippen LogP contribution in [0.3, 0.4) is 0 Å². The number of nitrogens with zero attached hydrogens (tertiary/aromatic N) is 5. The van der Waals surface area contributed by atoms with Gasteiger partial charge in [-0.1, -0.05) is 20.8 Å². The molecule has 170 valence electrons. The average molecular weight is 438 g/mol. The van der Waals surface area contributed by atoms with Crippen LogP contribution in [0, 0.1) is 0 Å². The quantitative estimate of drug-likeness (QED) is 0.768. The second-order valence-electron chi connectivity index (χ2n) is 8.83. The summed E-state index contributed by atoms with van der Waals surface area (Å²) in [5.74, 6) is 0.401. The zero-order valence-electron chi connectivity index (χ0n) is 18.3. The van der Waals surface area contributed by atoms with E-state index in [9.17, 15) is 18.0 Å². The predicted molar refractivity (Wildman–Crippen MR) is 110 cm³/mol. The topological polar surface area (TPSA) is 68.0 Å². The summed E-state index contributed by atoms with van der Waals surface area (Å²) in [7, 11) is 1.74. The van der Waals surface area contributed by atoms with Crippen molar-refractivity contribution in [3.63, 3.8) is 0 Å². The number of hydrogen-bond donors (Lipinski definition) is 1. The van der Waals surface area contributed by atoms with E-state index in [-0.39, 0.29) is 30.3 Å². The maximum absolute atomic E-state index is 13.7. The molecule has 1 amide bonds. The van der Waals surface area contributed by atoms with Crippen LogP contribution in [0.2, 0.25) is 0 Å². The highest BCUT2D eigenvalue weighted by Crippen LogP contribution is 2.42. The van der Waals surface area contributed by atoms with E-state index in [0.717, 1.165) is 16.8 Å². The molecule has 31 heavy (non-hydrogen) atoms. The number of hydrogen-bond acceptors (Lipinski definition) is 4. The van der Waals surface area contributed by atoms with Gasteiger partial charge in [-0.15, -0.1) is 0 Å². The van der Waals surface area contributed by atoms with E-state index in [0.29, 0.717) is 36.6 Å². The number of fused-ring (bicyclic) bond motifs is 1. The maximum Gasteiger partial charge on any atom is 0.410 e. The highest BCUT2D eigenvalue weighted by Gasteiger charge is 2.46. The maximum atomic E-state index is 13.7. The lowest BCUT2D eigenvalue weighted by Gasteiger charge is -2.32. The molecule has 0 aromatic carbocycles. The first-order chi connectivity index (χ1) is 14.6. The lowest BCUT2D eigenvalue weighted by atomic mass is 10.0. The first kappa shape index (κ1) is 21.7.